The number of carbonyl (C=O) groups excluding carboxylic acids is 2. The monoisotopic (exact) mass is 430 g/mol. The Kier molecular flexibility index (Phi) is 4.43. The van der Waals surface area contributed by atoms with Crippen LogP contribution < -0.4 is 10.1 Å². The summed E-state index contributed by atoms with van der Waals surface area (Å²) in [5.41, 5.74) is 2.16. The number of aromatic nitrogens is 2. The molecule has 1 saturated heterocycles. The number of hydrogen-bond donors (Lipinski definition) is 1. The third-order valence-electron chi connectivity index (χ3n) is 6.48. The van der Waals surface area contributed by atoms with Gasteiger partial charge in [0.25, 0.3) is 11.8 Å². The fraction of sp³-hybridized carbons (Fsp3) is 0.476. The van der Waals surface area contributed by atoms with Crippen molar-refractivity contribution in [3.63, 3.8) is 0 Å². The van der Waals surface area contributed by atoms with Crippen molar-refractivity contribution in [3.05, 3.63) is 46.1 Å². The van der Waals surface area contributed by atoms with Gasteiger partial charge in [0.1, 0.15) is 10.6 Å². The second kappa shape index (κ2) is 6.91. The molecule has 1 saturated carbocycles. The third kappa shape index (κ3) is 2.93. The molecule has 0 bridgehead atoms. The fourth-order valence-corrected chi connectivity index (χ4v) is 5.36. The summed E-state index contributed by atoms with van der Waals surface area (Å²) in [6.07, 6.45) is 1.72. The van der Waals surface area contributed by atoms with Crippen LogP contribution in [-0.2, 0) is 18.2 Å². The van der Waals surface area contributed by atoms with Gasteiger partial charge >= 0.3 is 6.09 Å². The van der Waals surface area contributed by atoms with Gasteiger partial charge in [-0.05, 0) is 30.4 Å². The Hall–Kier alpha value is -2.74. The van der Waals surface area contributed by atoms with Gasteiger partial charge in [-0.2, -0.15) is 0 Å². The SMILES string of the molecule is COc1nn(C)c(CC2c3ccccc3C(=O)N2CC2CC3(CNC(=O)O3)C2)c1Cl. The van der Waals surface area contributed by atoms with E-state index in [1.165, 1.54) is 7.11 Å². The van der Waals surface area contributed by atoms with Crippen molar-refractivity contribution < 1.29 is 19.1 Å². The topological polar surface area (TPSA) is 85.7 Å². The molecule has 1 atom stereocenters. The van der Waals surface area contributed by atoms with Crippen molar-refractivity contribution in [2.45, 2.75) is 30.9 Å². The molecule has 1 aromatic heterocycles. The molecule has 5 rings (SSSR count). The molecular weight excluding hydrogens is 408 g/mol. The summed E-state index contributed by atoms with van der Waals surface area (Å²) in [6, 6.07) is 7.59. The van der Waals surface area contributed by atoms with Crippen molar-refractivity contribution in [2.75, 3.05) is 20.2 Å². The number of alkyl carbamates (subject to hydrolysis) is 1. The summed E-state index contributed by atoms with van der Waals surface area (Å²) >= 11 is 6.49. The molecule has 158 valence electrons. The number of nitrogens with one attached hydrogen (secondary N) is 1. The largest absolute Gasteiger partial charge is 0.479 e. The van der Waals surface area contributed by atoms with E-state index >= 15 is 0 Å². The summed E-state index contributed by atoms with van der Waals surface area (Å²) < 4.78 is 12.4. The lowest BCUT2D eigenvalue weighted by Crippen LogP contribution is -2.51. The van der Waals surface area contributed by atoms with Crippen LogP contribution in [-0.4, -0.2) is 52.5 Å². The van der Waals surface area contributed by atoms with Gasteiger partial charge in [-0.25, -0.2) is 4.79 Å². The number of carbonyl (C=O) groups is 2. The first-order valence-corrected chi connectivity index (χ1v) is 10.4. The van der Waals surface area contributed by atoms with Gasteiger partial charge in [-0.15, -0.1) is 5.10 Å². The van der Waals surface area contributed by atoms with E-state index in [0.29, 0.717) is 30.4 Å². The molecule has 30 heavy (non-hydrogen) atoms. The first-order chi connectivity index (χ1) is 14.4. The molecule has 2 aromatic rings. The number of nitrogens with zero attached hydrogens (tertiary/aromatic N) is 3. The molecule has 3 heterocycles. The van der Waals surface area contributed by atoms with E-state index in [1.54, 1.807) is 4.68 Å². The number of methoxy groups -OCH3 is 1. The summed E-state index contributed by atoms with van der Waals surface area (Å²) in [7, 11) is 3.36. The highest BCUT2D eigenvalue weighted by Gasteiger charge is 2.52. The number of hydrogen-bond acceptors (Lipinski definition) is 5. The Morgan fingerprint density at radius 2 is 2.10 bits per heavy atom. The van der Waals surface area contributed by atoms with Gasteiger partial charge in [0.05, 0.1) is 25.4 Å². The van der Waals surface area contributed by atoms with E-state index in [0.717, 1.165) is 29.7 Å². The maximum Gasteiger partial charge on any atom is 0.407 e. The normalized spacial score (nSPS) is 27.1. The minimum absolute atomic E-state index is 0.0309. The molecule has 3 aliphatic rings. The standard InChI is InChI=1S/C21H23ClN4O4/c1-25-16(17(22)18(24-25)29-2)7-15-13-5-3-4-6-14(13)19(27)26(15)10-12-8-21(9-12)11-23-20(28)30-21/h3-6,12,15H,7-11H2,1-2H3,(H,23,28). The quantitative estimate of drug-likeness (QED) is 0.788. The molecule has 2 amide bonds. The van der Waals surface area contributed by atoms with Gasteiger partial charge in [0, 0.05) is 25.6 Å². The lowest BCUT2D eigenvalue weighted by molar-refractivity contribution is -0.0555. The Morgan fingerprint density at radius 3 is 2.77 bits per heavy atom. The first-order valence-electron chi connectivity index (χ1n) is 10.0. The van der Waals surface area contributed by atoms with E-state index in [-0.39, 0.29) is 24.0 Å². The van der Waals surface area contributed by atoms with Gasteiger partial charge in [0.15, 0.2) is 0 Å². The smallest absolute Gasteiger partial charge is 0.407 e. The molecule has 1 aromatic carbocycles. The van der Waals surface area contributed by atoms with Crippen molar-refractivity contribution in [1.29, 1.82) is 0 Å². The molecular formula is C21H23ClN4O4. The number of halogens is 1. The molecule has 2 aliphatic heterocycles. The van der Waals surface area contributed by atoms with Crippen molar-refractivity contribution in [3.8, 4) is 5.88 Å². The molecule has 0 radical (unpaired) electrons. The van der Waals surface area contributed by atoms with Crippen LogP contribution in [0.5, 0.6) is 5.88 Å². The van der Waals surface area contributed by atoms with Crippen molar-refractivity contribution >= 4 is 23.6 Å². The summed E-state index contributed by atoms with van der Waals surface area (Å²) in [4.78, 5) is 26.6. The Balaban J connectivity index is 1.40. The van der Waals surface area contributed by atoms with E-state index in [9.17, 15) is 9.59 Å². The molecule has 1 unspecified atom stereocenters. The van der Waals surface area contributed by atoms with Crippen LogP contribution in [0, 0.1) is 5.92 Å². The first kappa shape index (κ1) is 19.2. The highest BCUT2D eigenvalue weighted by molar-refractivity contribution is 6.32. The number of ether oxygens (including phenoxy) is 2. The lowest BCUT2D eigenvalue weighted by atomic mass is 9.70. The highest BCUT2D eigenvalue weighted by Crippen LogP contribution is 2.46. The van der Waals surface area contributed by atoms with Crippen LogP contribution in [0.15, 0.2) is 24.3 Å². The van der Waals surface area contributed by atoms with Crippen LogP contribution in [0.1, 0.15) is 40.5 Å². The zero-order chi connectivity index (χ0) is 21.0. The minimum atomic E-state index is -0.397. The van der Waals surface area contributed by atoms with Crippen LogP contribution in [0.4, 0.5) is 4.79 Å². The molecule has 2 fully saturated rings. The number of benzene rings is 1. The van der Waals surface area contributed by atoms with Crippen LogP contribution >= 0.6 is 11.6 Å². The predicted molar refractivity (Wildman–Crippen MR) is 109 cm³/mol. The zero-order valence-electron chi connectivity index (χ0n) is 16.9. The highest BCUT2D eigenvalue weighted by atomic mass is 35.5. The molecule has 1 aliphatic carbocycles. The number of amides is 2. The predicted octanol–water partition coefficient (Wildman–Crippen LogP) is 2.71. The molecule has 8 nitrogen and oxygen atoms in total. The third-order valence-corrected chi connectivity index (χ3v) is 6.86. The fourth-order valence-electron chi connectivity index (χ4n) is 5.05. The van der Waals surface area contributed by atoms with E-state index in [1.807, 2.05) is 36.2 Å². The number of rotatable bonds is 5. The maximum atomic E-state index is 13.2. The van der Waals surface area contributed by atoms with E-state index in [2.05, 4.69) is 10.4 Å². The molecule has 9 heteroatoms. The van der Waals surface area contributed by atoms with Gasteiger partial charge in [-0.1, -0.05) is 29.8 Å². The maximum absolute atomic E-state index is 13.2. The Bertz CT molecular complexity index is 1030. The van der Waals surface area contributed by atoms with Gasteiger partial charge in [0.2, 0.25) is 0 Å². The van der Waals surface area contributed by atoms with Gasteiger partial charge in [-0.3, -0.25) is 9.48 Å². The van der Waals surface area contributed by atoms with Crippen LogP contribution in [0.3, 0.4) is 0 Å². The van der Waals surface area contributed by atoms with Crippen molar-refractivity contribution in [1.82, 2.24) is 20.0 Å². The number of fused-ring (bicyclic) bond motifs is 1. The van der Waals surface area contributed by atoms with Gasteiger partial charge < -0.3 is 19.7 Å². The van der Waals surface area contributed by atoms with Crippen LogP contribution in [0.25, 0.3) is 0 Å². The van der Waals surface area contributed by atoms with E-state index < -0.39 is 5.60 Å². The van der Waals surface area contributed by atoms with Crippen LogP contribution in [0.2, 0.25) is 5.02 Å². The Morgan fingerprint density at radius 1 is 1.33 bits per heavy atom. The van der Waals surface area contributed by atoms with E-state index in [4.69, 9.17) is 21.1 Å². The minimum Gasteiger partial charge on any atom is -0.479 e. The Labute approximate surface area is 179 Å². The molecule has 1 N–H and O–H groups in total. The lowest BCUT2D eigenvalue weighted by Gasteiger charge is -2.44. The second-order valence-electron chi connectivity index (χ2n) is 8.36. The number of aryl methyl sites for hydroxylation is 1. The summed E-state index contributed by atoms with van der Waals surface area (Å²) in [5, 5.41) is 7.53. The van der Waals surface area contributed by atoms with Crippen molar-refractivity contribution in [2.24, 2.45) is 13.0 Å². The zero-order valence-corrected chi connectivity index (χ0v) is 17.6. The summed E-state index contributed by atoms with van der Waals surface area (Å²) in [6.45, 7) is 1.16. The second-order valence-corrected chi connectivity index (χ2v) is 8.74. The molecule has 1 spiro atoms. The average Bonchev–Trinajstić information content (AvgIpc) is 3.31. The average molecular weight is 431 g/mol. The summed E-state index contributed by atoms with van der Waals surface area (Å²) in [5.74, 6) is 0.702.